The van der Waals surface area contributed by atoms with E-state index in [1.807, 2.05) is 32.9 Å². The molecule has 0 amide bonds. The summed E-state index contributed by atoms with van der Waals surface area (Å²) >= 11 is 3.50. The number of nitrogens with zero attached hydrogens (tertiary/aromatic N) is 2. The molecule has 102 valence electrons. The van der Waals surface area contributed by atoms with Crippen LogP contribution in [0.5, 0.6) is 5.75 Å². The van der Waals surface area contributed by atoms with E-state index in [1.165, 1.54) is 0 Å². The van der Waals surface area contributed by atoms with Crippen LogP contribution in [0.25, 0.3) is 11.4 Å². The Hall–Kier alpha value is -1.29. The van der Waals surface area contributed by atoms with E-state index >= 15 is 0 Å². The highest BCUT2D eigenvalue weighted by atomic mass is 79.9. The van der Waals surface area contributed by atoms with E-state index in [9.17, 15) is 0 Å². The molecule has 0 aliphatic carbocycles. The summed E-state index contributed by atoms with van der Waals surface area (Å²) in [6, 6.07) is 6.05. The summed E-state index contributed by atoms with van der Waals surface area (Å²) in [5.41, 5.74) is 2.09. The number of benzene rings is 1. The zero-order valence-corrected chi connectivity index (χ0v) is 13.4. The number of hydrogen-bond acceptors (Lipinski definition) is 2. The van der Waals surface area contributed by atoms with E-state index in [4.69, 9.17) is 4.74 Å². The average Bonchev–Trinajstić information content (AvgIpc) is 2.69. The quantitative estimate of drug-likeness (QED) is 0.717. The maximum atomic E-state index is 5.91. The summed E-state index contributed by atoms with van der Waals surface area (Å²) in [6.07, 6.45) is 2.23. The second-order valence-electron chi connectivity index (χ2n) is 4.43. The summed E-state index contributed by atoms with van der Waals surface area (Å²) in [5.74, 6) is 1.90. The predicted molar refractivity (Wildman–Crippen MR) is 81.5 cm³/mol. The van der Waals surface area contributed by atoms with Gasteiger partial charge < -0.3 is 9.30 Å². The van der Waals surface area contributed by atoms with Crippen molar-refractivity contribution >= 4 is 15.9 Å². The van der Waals surface area contributed by atoms with E-state index in [0.717, 1.165) is 33.8 Å². The van der Waals surface area contributed by atoms with Gasteiger partial charge in [-0.15, -0.1) is 0 Å². The molecule has 1 atom stereocenters. The molecule has 0 fully saturated rings. The van der Waals surface area contributed by atoms with E-state index in [1.54, 1.807) is 0 Å². The van der Waals surface area contributed by atoms with Crippen LogP contribution in [-0.2, 0) is 6.54 Å². The first kappa shape index (κ1) is 14.1. The van der Waals surface area contributed by atoms with Crippen molar-refractivity contribution in [3.8, 4) is 17.1 Å². The molecule has 3 nitrogen and oxygen atoms in total. The molecule has 0 bridgehead atoms. The normalized spacial score (nSPS) is 16.4. The number of aromatic nitrogens is 2. The van der Waals surface area contributed by atoms with Crippen molar-refractivity contribution in [3.05, 3.63) is 34.6 Å². The van der Waals surface area contributed by atoms with Gasteiger partial charge in [-0.1, -0.05) is 29.8 Å². The van der Waals surface area contributed by atoms with Crippen molar-refractivity contribution in [3.63, 3.8) is 0 Å². The summed E-state index contributed by atoms with van der Waals surface area (Å²) < 4.78 is 9.12. The van der Waals surface area contributed by atoms with E-state index < -0.39 is 0 Å². The first-order chi connectivity index (χ1) is 9.13. The van der Waals surface area contributed by atoms with Crippen molar-refractivity contribution in [2.75, 3.05) is 0 Å². The van der Waals surface area contributed by atoms with Crippen LogP contribution >= 0.6 is 15.9 Å². The molecule has 0 saturated heterocycles. The van der Waals surface area contributed by atoms with E-state index in [2.05, 4.69) is 44.7 Å². The fourth-order valence-corrected chi connectivity index (χ4v) is 2.57. The second kappa shape index (κ2) is 5.78. The fraction of sp³-hybridized carbons (Fsp3) is 0.400. The van der Waals surface area contributed by atoms with Gasteiger partial charge >= 0.3 is 0 Å². The van der Waals surface area contributed by atoms with Gasteiger partial charge in [-0.25, -0.2) is 4.98 Å². The lowest BCUT2D eigenvalue weighted by atomic mass is 10.2. The number of halogens is 1. The van der Waals surface area contributed by atoms with Crippen molar-refractivity contribution in [2.45, 2.75) is 40.3 Å². The highest BCUT2D eigenvalue weighted by Gasteiger charge is 2.21. The van der Waals surface area contributed by atoms with Gasteiger partial charge in [-0.2, -0.15) is 0 Å². The molecular formula is C15H19BrN2O. The SMILES string of the molecule is CC.Cc1cn2c(n1)-c1cc(Br)ccc1OC(C)C2. The number of imidazole rings is 1. The van der Waals surface area contributed by atoms with Crippen molar-refractivity contribution in [1.82, 2.24) is 9.55 Å². The summed E-state index contributed by atoms with van der Waals surface area (Å²) in [7, 11) is 0. The molecular weight excluding hydrogens is 304 g/mol. The Balaban J connectivity index is 0.000000637. The third-order valence-electron chi connectivity index (χ3n) is 2.86. The minimum atomic E-state index is 0.157. The van der Waals surface area contributed by atoms with Crippen LogP contribution < -0.4 is 4.74 Å². The molecule has 1 aliphatic rings. The number of hydrogen-bond donors (Lipinski definition) is 0. The van der Waals surface area contributed by atoms with Gasteiger partial charge in [0.1, 0.15) is 17.7 Å². The zero-order chi connectivity index (χ0) is 14.0. The Bertz CT molecular complexity index is 578. The number of aryl methyl sites for hydroxylation is 1. The highest BCUT2D eigenvalue weighted by molar-refractivity contribution is 9.10. The Morgan fingerprint density at radius 2 is 2.11 bits per heavy atom. The lowest BCUT2D eigenvalue weighted by molar-refractivity contribution is 0.206. The van der Waals surface area contributed by atoms with Gasteiger partial charge in [-0.3, -0.25) is 0 Å². The minimum Gasteiger partial charge on any atom is -0.488 e. The van der Waals surface area contributed by atoms with Gasteiger partial charge in [0, 0.05) is 10.7 Å². The lowest BCUT2D eigenvalue weighted by Crippen LogP contribution is -2.17. The molecule has 4 heteroatoms. The van der Waals surface area contributed by atoms with Crippen LogP contribution in [0.15, 0.2) is 28.9 Å². The monoisotopic (exact) mass is 322 g/mol. The predicted octanol–water partition coefficient (Wildman–Crippen LogP) is 4.43. The number of fused-ring (bicyclic) bond motifs is 3. The van der Waals surface area contributed by atoms with Crippen molar-refractivity contribution < 1.29 is 4.74 Å². The van der Waals surface area contributed by atoms with Crippen LogP contribution in [0.4, 0.5) is 0 Å². The maximum absolute atomic E-state index is 5.91. The third kappa shape index (κ3) is 2.84. The minimum absolute atomic E-state index is 0.157. The van der Waals surface area contributed by atoms with Gasteiger partial charge in [-0.05, 0) is 32.0 Å². The van der Waals surface area contributed by atoms with Gasteiger partial charge in [0.25, 0.3) is 0 Å². The van der Waals surface area contributed by atoms with Crippen molar-refractivity contribution in [1.29, 1.82) is 0 Å². The Labute approximate surface area is 122 Å². The molecule has 0 saturated carbocycles. The third-order valence-corrected chi connectivity index (χ3v) is 3.35. The zero-order valence-electron chi connectivity index (χ0n) is 11.8. The first-order valence-electron chi connectivity index (χ1n) is 6.64. The van der Waals surface area contributed by atoms with Crippen LogP contribution in [0.2, 0.25) is 0 Å². The number of rotatable bonds is 0. The summed E-state index contributed by atoms with van der Waals surface area (Å²) in [5, 5.41) is 0. The van der Waals surface area contributed by atoms with Gasteiger partial charge in [0.15, 0.2) is 0 Å². The van der Waals surface area contributed by atoms with Crippen LogP contribution in [0.1, 0.15) is 26.5 Å². The molecule has 2 heterocycles. The largest absolute Gasteiger partial charge is 0.488 e. The highest BCUT2D eigenvalue weighted by Crippen LogP contribution is 2.35. The smallest absolute Gasteiger partial charge is 0.144 e. The summed E-state index contributed by atoms with van der Waals surface area (Å²) in [4.78, 5) is 4.59. The Kier molecular flexibility index (Phi) is 4.30. The van der Waals surface area contributed by atoms with E-state index in [0.29, 0.717) is 0 Å². The molecule has 2 aromatic rings. The lowest BCUT2D eigenvalue weighted by Gasteiger charge is -2.12. The maximum Gasteiger partial charge on any atom is 0.144 e. The standard InChI is InChI=1S/C13H13BrN2O.C2H6/c1-8-6-16-7-9(2)17-12-4-3-10(14)5-11(12)13(16)15-8;1-2/h3-6,9H,7H2,1-2H3;1-2H3. The molecule has 19 heavy (non-hydrogen) atoms. The van der Waals surface area contributed by atoms with Gasteiger partial charge in [0.05, 0.1) is 17.8 Å². The molecule has 3 rings (SSSR count). The molecule has 1 unspecified atom stereocenters. The average molecular weight is 323 g/mol. The van der Waals surface area contributed by atoms with Crippen molar-refractivity contribution in [2.24, 2.45) is 0 Å². The Morgan fingerprint density at radius 3 is 2.84 bits per heavy atom. The van der Waals surface area contributed by atoms with E-state index in [-0.39, 0.29) is 6.10 Å². The molecule has 0 spiro atoms. The van der Waals surface area contributed by atoms with Crippen LogP contribution in [-0.4, -0.2) is 15.7 Å². The van der Waals surface area contributed by atoms with Crippen LogP contribution in [0.3, 0.4) is 0 Å². The fourth-order valence-electron chi connectivity index (χ4n) is 2.21. The van der Waals surface area contributed by atoms with Crippen LogP contribution in [0, 0.1) is 6.92 Å². The molecule has 0 radical (unpaired) electrons. The number of ether oxygens (including phenoxy) is 1. The first-order valence-corrected chi connectivity index (χ1v) is 7.43. The molecule has 1 aromatic carbocycles. The summed E-state index contributed by atoms with van der Waals surface area (Å²) in [6.45, 7) is 8.93. The second-order valence-corrected chi connectivity index (χ2v) is 5.34. The topological polar surface area (TPSA) is 27.1 Å². The Morgan fingerprint density at radius 1 is 1.37 bits per heavy atom. The molecule has 1 aromatic heterocycles. The van der Waals surface area contributed by atoms with Gasteiger partial charge in [0.2, 0.25) is 0 Å². The molecule has 1 aliphatic heterocycles. The molecule has 0 N–H and O–H groups in total.